The Hall–Kier alpha value is -0.770. The zero-order valence-electron chi connectivity index (χ0n) is 10.6. The van der Waals surface area contributed by atoms with E-state index in [1.807, 2.05) is 4.90 Å². The molecule has 0 saturated carbocycles. The van der Waals surface area contributed by atoms with Crippen LogP contribution < -0.4 is 11.1 Å². The van der Waals surface area contributed by atoms with Crippen LogP contribution in [0.1, 0.15) is 39.5 Å². The van der Waals surface area contributed by atoms with Crippen LogP contribution in [0.4, 0.5) is 4.79 Å². The van der Waals surface area contributed by atoms with Crippen LogP contribution in [0.25, 0.3) is 0 Å². The minimum atomic E-state index is 0.0903. The van der Waals surface area contributed by atoms with Crippen molar-refractivity contribution in [2.45, 2.75) is 39.5 Å². The van der Waals surface area contributed by atoms with Crippen molar-refractivity contribution in [1.29, 1.82) is 0 Å². The zero-order valence-corrected chi connectivity index (χ0v) is 10.6. The third-order valence-corrected chi connectivity index (χ3v) is 3.56. The number of amides is 2. The van der Waals surface area contributed by atoms with Crippen LogP contribution >= 0.6 is 0 Å². The van der Waals surface area contributed by atoms with E-state index in [4.69, 9.17) is 5.73 Å². The van der Waals surface area contributed by atoms with E-state index < -0.39 is 0 Å². The molecule has 3 N–H and O–H groups in total. The minimum Gasteiger partial charge on any atom is -0.338 e. The maximum atomic E-state index is 11.8. The summed E-state index contributed by atoms with van der Waals surface area (Å²) < 4.78 is 0. The Morgan fingerprint density at radius 3 is 2.56 bits per heavy atom. The van der Waals surface area contributed by atoms with Crippen LogP contribution in [0, 0.1) is 5.41 Å². The summed E-state index contributed by atoms with van der Waals surface area (Å²) in [5.74, 6) is 0. The molecule has 0 aromatic heterocycles. The van der Waals surface area contributed by atoms with E-state index in [1.165, 1.54) is 0 Å². The van der Waals surface area contributed by atoms with Gasteiger partial charge in [0.05, 0.1) is 0 Å². The fourth-order valence-corrected chi connectivity index (χ4v) is 1.94. The highest BCUT2D eigenvalue weighted by molar-refractivity contribution is 5.74. The fourth-order valence-electron chi connectivity index (χ4n) is 1.94. The second kappa shape index (κ2) is 6.09. The van der Waals surface area contributed by atoms with Gasteiger partial charge in [-0.15, -0.1) is 0 Å². The maximum absolute atomic E-state index is 11.8. The third-order valence-electron chi connectivity index (χ3n) is 3.56. The van der Waals surface area contributed by atoms with Gasteiger partial charge in [-0.25, -0.2) is 4.79 Å². The Bertz CT molecular complexity index is 222. The van der Waals surface area contributed by atoms with Crippen molar-refractivity contribution in [3.63, 3.8) is 0 Å². The predicted molar refractivity (Wildman–Crippen MR) is 66.3 cm³/mol. The molecule has 1 rings (SSSR count). The Morgan fingerprint density at radius 2 is 2.06 bits per heavy atom. The first-order valence-electron chi connectivity index (χ1n) is 6.34. The van der Waals surface area contributed by atoms with Gasteiger partial charge in [-0.1, -0.05) is 20.3 Å². The first kappa shape index (κ1) is 13.3. The van der Waals surface area contributed by atoms with Crippen LogP contribution in [0.15, 0.2) is 0 Å². The van der Waals surface area contributed by atoms with Crippen LogP contribution in [0.2, 0.25) is 0 Å². The van der Waals surface area contributed by atoms with E-state index in [1.54, 1.807) is 0 Å². The van der Waals surface area contributed by atoms with Crippen molar-refractivity contribution in [3.8, 4) is 0 Å². The molecular formula is C12H25N3O. The van der Waals surface area contributed by atoms with Gasteiger partial charge in [-0.05, 0) is 31.2 Å². The SMILES string of the molecule is CCCCNC(=O)N1CCC(C)(CN)CC1. The molecular weight excluding hydrogens is 202 g/mol. The standard InChI is InChI=1S/C12H25N3O/c1-3-4-7-14-11(16)15-8-5-12(2,10-13)6-9-15/h3-10,13H2,1-2H3,(H,14,16). The summed E-state index contributed by atoms with van der Waals surface area (Å²) in [5, 5.41) is 2.95. The molecule has 0 aromatic rings. The van der Waals surface area contributed by atoms with E-state index >= 15 is 0 Å². The molecule has 0 radical (unpaired) electrons. The molecule has 0 aromatic carbocycles. The lowest BCUT2D eigenvalue weighted by atomic mass is 9.81. The molecule has 0 unspecified atom stereocenters. The van der Waals surface area contributed by atoms with Crippen molar-refractivity contribution in [3.05, 3.63) is 0 Å². The molecule has 2 amide bonds. The number of nitrogens with two attached hydrogens (primary N) is 1. The Morgan fingerprint density at radius 1 is 1.44 bits per heavy atom. The fraction of sp³-hybridized carbons (Fsp3) is 0.917. The van der Waals surface area contributed by atoms with Gasteiger partial charge in [-0.2, -0.15) is 0 Å². The highest BCUT2D eigenvalue weighted by Crippen LogP contribution is 2.29. The van der Waals surface area contributed by atoms with E-state index in [0.717, 1.165) is 51.9 Å². The molecule has 94 valence electrons. The lowest BCUT2D eigenvalue weighted by molar-refractivity contribution is 0.134. The van der Waals surface area contributed by atoms with Crippen LogP contribution in [0.3, 0.4) is 0 Å². The van der Waals surface area contributed by atoms with Crippen molar-refractivity contribution >= 4 is 6.03 Å². The monoisotopic (exact) mass is 227 g/mol. The third kappa shape index (κ3) is 3.67. The van der Waals surface area contributed by atoms with Gasteiger partial charge in [0, 0.05) is 19.6 Å². The summed E-state index contributed by atoms with van der Waals surface area (Å²) in [6.45, 7) is 7.52. The summed E-state index contributed by atoms with van der Waals surface area (Å²) in [4.78, 5) is 13.7. The summed E-state index contributed by atoms with van der Waals surface area (Å²) in [7, 11) is 0. The predicted octanol–water partition coefficient (Wildman–Crippen LogP) is 1.56. The van der Waals surface area contributed by atoms with Crippen molar-refractivity contribution < 1.29 is 4.79 Å². The average Bonchev–Trinajstić information content (AvgIpc) is 2.30. The van der Waals surface area contributed by atoms with Crippen LogP contribution in [-0.2, 0) is 0 Å². The number of hydrogen-bond acceptors (Lipinski definition) is 2. The number of urea groups is 1. The summed E-state index contributed by atoms with van der Waals surface area (Å²) >= 11 is 0. The Balaban J connectivity index is 2.27. The van der Waals surface area contributed by atoms with Gasteiger partial charge in [0.2, 0.25) is 0 Å². The molecule has 1 heterocycles. The molecule has 16 heavy (non-hydrogen) atoms. The second-order valence-electron chi connectivity index (χ2n) is 5.09. The topological polar surface area (TPSA) is 58.4 Å². The van der Waals surface area contributed by atoms with Gasteiger partial charge in [0.15, 0.2) is 0 Å². The van der Waals surface area contributed by atoms with E-state index in [-0.39, 0.29) is 11.4 Å². The molecule has 0 atom stereocenters. The highest BCUT2D eigenvalue weighted by Gasteiger charge is 2.30. The molecule has 1 saturated heterocycles. The first-order valence-corrected chi connectivity index (χ1v) is 6.34. The quantitative estimate of drug-likeness (QED) is 0.716. The second-order valence-corrected chi connectivity index (χ2v) is 5.09. The lowest BCUT2D eigenvalue weighted by Gasteiger charge is -2.38. The maximum Gasteiger partial charge on any atom is 0.317 e. The molecule has 4 heteroatoms. The highest BCUT2D eigenvalue weighted by atomic mass is 16.2. The number of likely N-dealkylation sites (tertiary alicyclic amines) is 1. The number of piperidine rings is 1. The van der Waals surface area contributed by atoms with Crippen LogP contribution in [0.5, 0.6) is 0 Å². The number of hydrogen-bond donors (Lipinski definition) is 2. The number of carbonyl (C=O) groups is 1. The molecule has 0 aliphatic carbocycles. The van der Waals surface area contributed by atoms with Gasteiger partial charge in [0.25, 0.3) is 0 Å². The number of rotatable bonds is 4. The number of nitrogens with one attached hydrogen (secondary N) is 1. The summed E-state index contributed by atoms with van der Waals surface area (Å²) in [6.07, 6.45) is 4.21. The molecule has 1 aliphatic heterocycles. The molecule has 1 aliphatic rings. The normalized spacial score (nSPS) is 19.6. The van der Waals surface area contributed by atoms with E-state index in [9.17, 15) is 4.79 Å². The Kier molecular flexibility index (Phi) is 5.06. The minimum absolute atomic E-state index is 0.0903. The molecule has 0 bridgehead atoms. The van der Waals surface area contributed by atoms with Gasteiger partial charge < -0.3 is 16.0 Å². The van der Waals surface area contributed by atoms with Crippen molar-refractivity contribution in [2.24, 2.45) is 11.1 Å². The largest absolute Gasteiger partial charge is 0.338 e. The van der Waals surface area contributed by atoms with Crippen LogP contribution in [-0.4, -0.2) is 37.1 Å². The smallest absolute Gasteiger partial charge is 0.317 e. The first-order chi connectivity index (χ1) is 7.61. The zero-order chi connectivity index (χ0) is 12.0. The van der Waals surface area contributed by atoms with Crippen molar-refractivity contribution in [2.75, 3.05) is 26.2 Å². The van der Waals surface area contributed by atoms with E-state index in [2.05, 4.69) is 19.2 Å². The number of unbranched alkanes of at least 4 members (excludes halogenated alkanes) is 1. The number of nitrogens with zero attached hydrogens (tertiary/aromatic N) is 1. The van der Waals surface area contributed by atoms with Gasteiger partial charge in [0.1, 0.15) is 0 Å². The van der Waals surface area contributed by atoms with E-state index in [0.29, 0.717) is 0 Å². The Labute approximate surface area is 98.6 Å². The average molecular weight is 227 g/mol. The van der Waals surface area contributed by atoms with Gasteiger partial charge >= 0.3 is 6.03 Å². The van der Waals surface area contributed by atoms with Gasteiger partial charge in [-0.3, -0.25) is 0 Å². The summed E-state index contributed by atoms with van der Waals surface area (Å²) in [6, 6.07) is 0.0903. The van der Waals surface area contributed by atoms with Crippen molar-refractivity contribution in [1.82, 2.24) is 10.2 Å². The lowest BCUT2D eigenvalue weighted by Crippen LogP contribution is -2.48. The number of carbonyl (C=O) groups excluding carboxylic acids is 1. The molecule has 1 fully saturated rings. The molecule has 0 spiro atoms. The summed E-state index contributed by atoms with van der Waals surface area (Å²) in [5.41, 5.74) is 5.97. The molecule has 4 nitrogen and oxygen atoms in total.